The van der Waals surface area contributed by atoms with Crippen molar-refractivity contribution in [1.29, 1.82) is 0 Å². The zero-order chi connectivity index (χ0) is 50.7. The van der Waals surface area contributed by atoms with Crippen LogP contribution in [0.3, 0.4) is 0 Å². The van der Waals surface area contributed by atoms with Crippen LogP contribution < -0.4 is 0 Å². The van der Waals surface area contributed by atoms with Gasteiger partial charge in [-0.3, -0.25) is 19.2 Å². The van der Waals surface area contributed by atoms with Crippen LogP contribution >= 0.6 is 0 Å². The molecule has 0 amide bonds. The lowest BCUT2D eigenvalue weighted by Gasteiger charge is -2.50. The third-order valence-electron chi connectivity index (χ3n) is 11.2. The molecule has 15 nitrogen and oxygen atoms in total. The average molecular weight is 963 g/mol. The Morgan fingerprint density at radius 1 is 0.435 bits per heavy atom. The van der Waals surface area contributed by atoms with Gasteiger partial charge in [0.25, 0.3) is 0 Å². The van der Waals surface area contributed by atoms with E-state index >= 15 is 0 Å². The zero-order valence-electron chi connectivity index (χ0n) is 42.6. The molecule has 0 aliphatic carbocycles. The van der Waals surface area contributed by atoms with E-state index in [1.165, 1.54) is 7.11 Å². The Labute approximate surface area is 408 Å². The van der Waals surface area contributed by atoms with Gasteiger partial charge in [-0.2, -0.15) is 0 Å². The van der Waals surface area contributed by atoms with E-state index in [1.54, 1.807) is 83.1 Å². The minimum Gasteiger partial charge on any atom is -0.462 e. The maximum Gasteiger partial charge on any atom is 0.311 e. The van der Waals surface area contributed by atoms with Gasteiger partial charge in [-0.1, -0.05) is 91.0 Å². The van der Waals surface area contributed by atoms with Crippen LogP contribution in [-0.2, 0) is 91.1 Å². The van der Waals surface area contributed by atoms with E-state index in [1.807, 2.05) is 91.0 Å². The molecule has 2 aliphatic heterocycles. The third-order valence-corrected chi connectivity index (χ3v) is 11.2. The predicted octanol–water partition coefficient (Wildman–Crippen LogP) is 8.32. The Morgan fingerprint density at radius 3 is 1.28 bits per heavy atom. The Hall–Kier alpha value is -4.74. The molecule has 5 rings (SSSR count). The molecule has 2 saturated heterocycles. The van der Waals surface area contributed by atoms with Crippen molar-refractivity contribution < 1.29 is 71.3 Å². The summed E-state index contributed by atoms with van der Waals surface area (Å²) in [6.45, 7) is 20.0. The molecular formula is C54H74O15. The van der Waals surface area contributed by atoms with Gasteiger partial charge in [0.1, 0.15) is 37.1 Å². The summed E-state index contributed by atoms with van der Waals surface area (Å²) in [4.78, 5) is 55.5. The lowest BCUT2D eigenvalue weighted by molar-refractivity contribution is -0.368. The summed E-state index contributed by atoms with van der Waals surface area (Å²) >= 11 is 0. The molecule has 0 unspecified atom stereocenters. The quantitative estimate of drug-likeness (QED) is 0.0880. The normalized spacial score (nSPS) is 25.6. The van der Waals surface area contributed by atoms with Gasteiger partial charge in [0, 0.05) is 7.11 Å². The van der Waals surface area contributed by atoms with Crippen molar-refractivity contribution in [3.05, 3.63) is 108 Å². The topological polar surface area (TPSA) is 170 Å². The van der Waals surface area contributed by atoms with Crippen LogP contribution in [-0.4, -0.2) is 106 Å². The van der Waals surface area contributed by atoms with Gasteiger partial charge in [0.15, 0.2) is 30.9 Å². The zero-order valence-corrected chi connectivity index (χ0v) is 42.6. The lowest BCUT2D eigenvalue weighted by Crippen LogP contribution is -2.67. The maximum atomic E-state index is 14.2. The Balaban J connectivity index is 1.68. The summed E-state index contributed by atoms with van der Waals surface area (Å²) in [5, 5.41) is 0. The molecule has 15 heteroatoms. The van der Waals surface area contributed by atoms with Gasteiger partial charge in [-0.25, -0.2) is 0 Å². The van der Waals surface area contributed by atoms with Crippen LogP contribution in [0.1, 0.15) is 99.8 Å². The Morgan fingerprint density at radius 2 is 0.826 bits per heavy atom. The maximum absolute atomic E-state index is 14.2. The molecule has 2 heterocycles. The SMILES string of the molecule is CO[C@H]1O[C@H](COCc2ccccc2)[C@@H](O[C@@H]2O[C@H](COC(=O)C(C)(C)C)[C@@H](OC(=O)C(C)(C)C)[C@H](OC(=O)C(C)(C)C)[C@H]2OC(=O)C(C)(C)C)[C@H](OCc2ccccc2)[C@H]1OCc1ccccc1. The van der Waals surface area contributed by atoms with Gasteiger partial charge in [-0.05, 0) is 99.8 Å². The van der Waals surface area contributed by atoms with Crippen molar-refractivity contribution in [1.82, 2.24) is 0 Å². The van der Waals surface area contributed by atoms with E-state index in [4.69, 9.17) is 52.1 Å². The highest BCUT2D eigenvalue weighted by molar-refractivity contribution is 5.78. The number of rotatable bonds is 18. The number of hydrogen-bond donors (Lipinski definition) is 0. The van der Waals surface area contributed by atoms with Crippen molar-refractivity contribution in [3.63, 3.8) is 0 Å². The molecular weight excluding hydrogens is 889 g/mol. The van der Waals surface area contributed by atoms with Crippen molar-refractivity contribution in [3.8, 4) is 0 Å². The van der Waals surface area contributed by atoms with Crippen LogP contribution in [0.25, 0.3) is 0 Å². The van der Waals surface area contributed by atoms with Crippen LogP contribution in [0.15, 0.2) is 91.0 Å². The molecule has 0 spiro atoms. The number of esters is 4. The van der Waals surface area contributed by atoms with Crippen molar-refractivity contribution >= 4 is 23.9 Å². The first-order chi connectivity index (χ1) is 32.4. The molecule has 0 saturated carbocycles. The van der Waals surface area contributed by atoms with E-state index in [0.29, 0.717) is 0 Å². The number of carbonyl (C=O) groups is 4. The van der Waals surface area contributed by atoms with E-state index in [-0.39, 0.29) is 26.4 Å². The molecule has 10 atom stereocenters. The summed E-state index contributed by atoms with van der Waals surface area (Å²) < 4.78 is 71.2. The van der Waals surface area contributed by atoms with Crippen LogP contribution in [0.4, 0.5) is 0 Å². The van der Waals surface area contributed by atoms with E-state index in [2.05, 4.69) is 0 Å². The molecule has 3 aromatic rings. The molecule has 69 heavy (non-hydrogen) atoms. The summed E-state index contributed by atoms with van der Waals surface area (Å²) in [6.07, 6.45) is -12.7. The second kappa shape index (κ2) is 23.9. The smallest absolute Gasteiger partial charge is 0.311 e. The molecule has 0 radical (unpaired) electrons. The fourth-order valence-electron chi connectivity index (χ4n) is 7.09. The fraction of sp³-hybridized carbons (Fsp3) is 0.593. The summed E-state index contributed by atoms with van der Waals surface area (Å²) in [7, 11) is 1.50. The van der Waals surface area contributed by atoms with Crippen LogP contribution in [0, 0.1) is 21.7 Å². The van der Waals surface area contributed by atoms with Crippen LogP contribution in [0.5, 0.6) is 0 Å². The molecule has 0 aromatic heterocycles. The highest BCUT2D eigenvalue weighted by Crippen LogP contribution is 2.38. The standard InChI is InChI=1S/C54H74O15/c1-51(2,3)47(55)63-33-38-40(67-48(56)52(4,5)6)42(68-49(57)53(7,8)9)44(69-50(58)54(10,11)12)46(65-38)66-39-37(32-60-29-34-23-17-14-18-24-34)64-45(59-13)43(62-31-36-27-21-16-22-28-36)41(39)61-30-35-25-19-15-20-26-35/h14-28,37-46H,29-33H2,1-13H3/t37-,38-,39-,40-,41+,42+,43-,44-,45+,46+/m1/s1. The summed E-state index contributed by atoms with van der Waals surface area (Å²) in [5.74, 6) is -2.68. The highest BCUT2D eigenvalue weighted by atomic mass is 16.8. The van der Waals surface area contributed by atoms with E-state index in [9.17, 15) is 19.2 Å². The van der Waals surface area contributed by atoms with Gasteiger partial charge < -0.3 is 52.1 Å². The molecule has 2 fully saturated rings. The second-order valence-corrected chi connectivity index (χ2v) is 21.7. The third kappa shape index (κ3) is 15.9. The Kier molecular flexibility index (Phi) is 19.1. The number of methoxy groups -OCH3 is 1. The van der Waals surface area contributed by atoms with Crippen LogP contribution in [0.2, 0.25) is 0 Å². The Bertz CT molecular complexity index is 2090. The average Bonchev–Trinajstić information content (AvgIpc) is 3.28. The van der Waals surface area contributed by atoms with Gasteiger partial charge in [-0.15, -0.1) is 0 Å². The number of benzene rings is 3. The van der Waals surface area contributed by atoms with Crippen molar-refractivity contribution in [2.24, 2.45) is 21.7 Å². The first-order valence-electron chi connectivity index (χ1n) is 23.6. The van der Waals surface area contributed by atoms with E-state index in [0.717, 1.165) is 16.7 Å². The first-order valence-corrected chi connectivity index (χ1v) is 23.6. The summed E-state index contributed by atoms with van der Waals surface area (Å²) in [5.41, 5.74) is -1.55. The lowest BCUT2D eigenvalue weighted by atomic mass is 9.92. The molecule has 3 aromatic carbocycles. The minimum absolute atomic E-state index is 0.0595. The molecule has 0 bridgehead atoms. The fourth-order valence-corrected chi connectivity index (χ4v) is 7.09. The van der Waals surface area contributed by atoms with Gasteiger partial charge in [0.2, 0.25) is 0 Å². The molecule has 380 valence electrons. The second-order valence-electron chi connectivity index (χ2n) is 21.7. The molecule has 0 N–H and O–H groups in total. The van der Waals surface area contributed by atoms with Gasteiger partial charge in [0.05, 0.1) is 48.1 Å². The first kappa shape index (κ1) is 55.2. The number of hydrogen-bond acceptors (Lipinski definition) is 15. The highest BCUT2D eigenvalue weighted by Gasteiger charge is 2.58. The summed E-state index contributed by atoms with van der Waals surface area (Å²) in [6, 6.07) is 28.7. The van der Waals surface area contributed by atoms with Gasteiger partial charge >= 0.3 is 23.9 Å². The molecule has 2 aliphatic rings. The number of carbonyl (C=O) groups excluding carboxylic acids is 4. The minimum atomic E-state index is -1.63. The monoisotopic (exact) mass is 963 g/mol. The largest absolute Gasteiger partial charge is 0.462 e. The van der Waals surface area contributed by atoms with Crippen molar-refractivity contribution in [2.45, 2.75) is 164 Å². The van der Waals surface area contributed by atoms with E-state index < -0.39 is 114 Å². The number of ether oxygens (including phenoxy) is 11. The van der Waals surface area contributed by atoms with Crippen molar-refractivity contribution in [2.75, 3.05) is 20.3 Å². The predicted molar refractivity (Wildman–Crippen MR) is 254 cm³/mol.